The van der Waals surface area contributed by atoms with Crippen molar-refractivity contribution in [3.8, 4) is 5.75 Å². The van der Waals surface area contributed by atoms with Crippen molar-refractivity contribution in [2.24, 2.45) is 0 Å². The van der Waals surface area contributed by atoms with Crippen LogP contribution in [0.25, 0.3) is 0 Å². The molecule has 0 atom stereocenters. The first-order chi connectivity index (χ1) is 4.88. The molecule has 0 aliphatic carbocycles. The largest absolute Gasteiger partial charge is 0.618 e. The fourth-order valence-electron chi connectivity index (χ4n) is 1.13. The summed E-state index contributed by atoms with van der Waals surface area (Å²) in [6.07, 6.45) is 2.23. The number of aromatic nitrogens is 1. The number of hydrogen-bond acceptors (Lipinski definition) is 2. The molecular weight excluding hydrogens is 130 g/mol. The maximum Gasteiger partial charge on any atom is 0.238 e. The van der Waals surface area contributed by atoms with E-state index in [1.54, 1.807) is 6.07 Å². The van der Waals surface area contributed by atoms with E-state index in [4.69, 9.17) is 4.74 Å². The molecule has 2 heterocycles. The number of nitrogens with zero attached hydrogens (tertiary/aromatic N) is 1. The smallest absolute Gasteiger partial charge is 0.238 e. The van der Waals surface area contributed by atoms with Gasteiger partial charge in [0.15, 0.2) is 11.9 Å². The van der Waals surface area contributed by atoms with Gasteiger partial charge in [0, 0.05) is 6.07 Å². The standard InChI is InChI=1S/C7H7NO2/c9-8-4-1-2-7-6(8)3-5-10-7/h1-2,4H,3,5H2. The van der Waals surface area contributed by atoms with Gasteiger partial charge in [0.2, 0.25) is 5.69 Å². The third-order valence-corrected chi connectivity index (χ3v) is 1.62. The van der Waals surface area contributed by atoms with Gasteiger partial charge in [-0.25, -0.2) is 0 Å². The quantitative estimate of drug-likeness (QED) is 0.379. The maximum atomic E-state index is 10.9. The van der Waals surface area contributed by atoms with Crippen molar-refractivity contribution in [2.45, 2.75) is 6.42 Å². The van der Waals surface area contributed by atoms with E-state index in [9.17, 15) is 5.21 Å². The highest BCUT2D eigenvalue weighted by atomic mass is 16.5. The first-order valence-corrected chi connectivity index (χ1v) is 3.22. The van der Waals surface area contributed by atoms with Gasteiger partial charge in [-0.3, -0.25) is 0 Å². The van der Waals surface area contributed by atoms with Crippen LogP contribution < -0.4 is 9.47 Å². The van der Waals surface area contributed by atoms with Gasteiger partial charge in [-0.2, -0.15) is 4.73 Å². The van der Waals surface area contributed by atoms with Crippen molar-refractivity contribution in [3.05, 3.63) is 29.2 Å². The zero-order chi connectivity index (χ0) is 6.97. The van der Waals surface area contributed by atoms with Crippen LogP contribution >= 0.6 is 0 Å². The lowest BCUT2D eigenvalue weighted by molar-refractivity contribution is -0.613. The van der Waals surface area contributed by atoms with E-state index in [0.29, 0.717) is 6.61 Å². The van der Waals surface area contributed by atoms with E-state index in [1.165, 1.54) is 6.20 Å². The van der Waals surface area contributed by atoms with E-state index in [-0.39, 0.29) is 0 Å². The summed E-state index contributed by atoms with van der Waals surface area (Å²) in [5.41, 5.74) is 0.752. The molecule has 1 aliphatic rings. The predicted octanol–water partition coefficient (Wildman–Crippen LogP) is 0.255. The fraction of sp³-hybridized carbons (Fsp3) is 0.286. The summed E-state index contributed by atoms with van der Waals surface area (Å²) < 4.78 is 6.02. The number of ether oxygens (including phenoxy) is 1. The molecule has 1 aromatic rings. The Balaban J connectivity index is 2.59. The summed E-state index contributed by atoms with van der Waals surface area (Å²) in [6, 6.07) is 3.51. The molecule has 0 fully saturated rings. The van der Waals surface area contributed by atoms with Crippen LogP contribution in [0.15, 0.2) is 18.3 Å². The van der Waals surface area contributed by atoms with Crippen LogP contribution in [-0.2, 0) is 6.42 Å². The minimum atomic E-state index is 0.640. The Labute approximate surface area is 58.4 Å². The Bertz CT molecular complexity index is 260. The van der Waals surface area contributed by atoms with E-state index >= 15 is 0 Å². The SMILES string of the molecule is [O-][n+]1cccc2c1CCO2. The Kier molecular flexibility index (Phi) is 1.03. The lowest BCUT2D eigenvalue weighted by atomic mass is 10.3. The molecule has 10 heavy (non-hydrogen) atoms. The molecule has 0 radical (unpaired) electrons. The molecule has 0 spiro atoms. The monoisotopic (exact) mass is 137 g/mol. The summed E-state index contributed by atoms with van der Waals surface area (Å²) in [5, 5.41) is 10.9. The third kappa shape index (κ3) is 0.635. The summed E-state index contributed by atoms with van der Waals surface area (Å²) >= 11 is 0. The minimum Gasteiger partial charge on any atom is -0.618 e. The molecule has 0 amide bonds. The second-order valence-electron chi connectivity index (χ2n) is 2.24. The van der Waals surface area contributed by atoms with Crippen molar-refractivity contribution in [1.29, 1.82) is 0 Å². The predicted molar refractivity (Wildman–Crippen MR) is 34.6 cm³/mol. The Morgan fingerprint density at radius 3 is 3.30 bits per heavy atom. The van der Waals surface area contributed by atoms with Crippen molar-refractivity contribution in [2.75, 3.05) is 6.61 Å². The average molecular weight is 137 g/mol. The molecule has 0 bridgehead atoms. The molecule has 1 aromatic heterocycles. The van der Waals surface area contributed by atoms with Crippen molar-refractivity contribution >= 4 is 0 Å². The average Bonchev–Trinajstić information content (AvgIpc) is 2.36. The van der Waals surface area contributed by atoms with Crippen LogP contribution in [0.2, 0.25) is 0 Å². The van der Waals surface area contributed by atoms with Gasteiger partial charge in [0.05, 0.1) is 13.0 Å². The molecule has 0 N–H and O–H groups in total. The van der Waals surface area contributed by atoms with Gasteiger partial charge >= 0.3 is 0 Å². The van der Waals surface area contributed by atoms with Crippen LogP contribution in [0.5, 0.6) is 5.75 Å². The number of pyridine rings is 1. The van der Waals surface area contributed by atoms with Crippen molar-refractivity contribution < 1.29 is 9.47 Å². The lowest BCUT2D eigenvalue weighted by Gasteiger charge is -1.98. The zero-order valence-electron chi connectivity index (χ0n) is 5.41. The normalized spacial score (nSPS) is 14.4. The molecule has 0 saturated heterocycles. The fourth-order valence-corrected chi connectivity index (χ4v) is 1.13. The van der Waals surface area contributed by atoms with Gasteiger partial charge in [-0.1, -0.05) is 0 Å². The summed E-state index contributed by atoms with van der Waals surface area (Å²) in [6.45, 7) is 0.640. The molecule has 3 nitrogen and oxygen atoms in total. The van der Waals surface area contributed by atoms with E-state index in [1.807, 2.05) is 6.07 Å². The van der Waals surface area contributed by atoms with Crippen molar-refractivity contribution in [1.82, 2.24) is 0 Å². The highest BCUT2D eigenvalue weighted by Crippen LogP contribution is 2.19. The third-order valence-electron chi connectivity index (χ3n) is 1.62. The highest BCUT2D eigenvalue weighted by Gasteiger charge is 2.19. The van der Waals surface area contributed by atoms with Crippen LogP contribution in [-0.4, -0.2) is 6.61 Å². The van der Waals surface area contributed by atoms with Gasteiger partial charge in [-0.05, 0) is 6.07 Å². The zero-order valence-corrected chi connectivity index (χ0v) is 5.41. The number of rotatable bonds is 0. The van der Waals surface area contributed by atoms with E-state index < -0.39 is 0 Å². The van der Waals surface area contributed by atoms with Crippen LogP contribution in [0.1, 0.15) is 5.69 Å². The summed E-state index contributed by atoms with van der Waals surface area (Å²) in [4.78, 5) is 0. The second kappa shape index (κ2) is 1.87. The highest BCUT2D eigenvalue weighted by molar-refractivity contribution is 5.26. The van der Waals surface area contributed by atoms with Gasteiger partial charge in [0.1, 0.15) is 0 Å². The first kappa shape index (κ1) is 5.53. The number of fused-ring (bicyclic) bond motifs is 1. The number of hydrogen-bond donors (Lipinski definition) is 0. The topological polar surface area (TPSA) is 36.2 Å². The van der Waals surface area contributed by atoms with Gasteiger partial charge < -0.3 is 9.94 Å². The minimum absolute atomic E-state index is 0.640. The Hall–Kier alpha value is -1.25. The Morgan fingerprint density at radius 1 is 1.60 bits per heavy atom. The molecule has 0 saturated carbocycles. The molecule has 1 aliphatic heterocycles. The van der Waals surface area contributed by atoms with E-state index in [2.05, 4.69) is 0 Å². The van der Waals surface area contributed by atoms with Crippen LogP contribution in [0.3, 0.4) is 0 Å². The van der Waals surface area contributed by atoms with Gasteiger partial charge in [0.25, 0.3) is 0 Å². The summed E-state index contributed by atoms with van der Waals surface area (Å²) in [5.74, 6) is 0.734. The molecule has 2 rings (SSSR count). The molecule has 3 heteroatoms. The molecule has 0 unspecified atom stereocenters. The summed E-state index contributed by atoms with van der Waals surface area (Å²) in [7, 11) is 0. The maximum absolute atomic E-state index is 10.9. The van der Waals surface area contributed by atoms with Crippen molar-refractivity contribution in [3.63, 3.8) is 0 Å². The molecule has 0 aromatic carbocycles. The first-order valence-electron chi connectivity index (χ1n) is 3.22. The Morgan fingerprint density at radius 2 is 2.50 bits per heavy atom. The van der Waals surface area contributed by atoms with Crippen LogP contribution in [0, 0.1) is 5.21 Å². The lowest BCUT2D eigenvalue weighted by Crippen LogP contribution is -2.29. The van der Waals surface area contributed by atoms with Gasteiger partial charge in [-0.15, -0.1) is 0 Å². The van der Waals surface area contributed by atoms with Crippen LogP contribution in [0.4, 0.5) is 0 Å². The second-order valence-corrected chi connectivity index (χ2v) is 2.24. The molecule has 52 valence electrons. The molecular formula is C7H7NO2. The van der Waals surface area contributed by atoms with E-state index in [0.717, 1.165) is 22.6 Å².